The first-order valence-corrected chi connectivity index (χ1v) is 13.2. The third kappa shape index (κ3) is 3.03. The van der Waals surface area contributed by atoms with Crippen molar-refractivity contribution in [1.82, 2.24) is 9.80 Å². The lowest BCUT2D eigenvalue weighted by Crippen LogP contribution is -2.78. The number of phenols is 1. The molecule has 3 aliphatic carbocycles. The number of ether oxygens (including phenoxy) is 1. The van der Waals surface area contributed by atoms with Gasteiger partial charge in [0, 0.05) is 25.2 Å². The Balaban J connectivity index is 1.39. The summed E-state index contributed by atoms with van der Waals surface area (Å²) in [4.78, 5) is 17.5. The number of allylic oxidation sites excluding steroid dienone is 1. The van der Waals surface area contributed by atoms with Gasteiger partial charge in [0.05, 0.1) is 17.1 Å². The first kappa shape index (κ1) is 22.4. The molecular weight excluding hydrogens is 428 g/mol. The standard InChI is InChI=1S/C28H38N2O4/c1-17(2)5-4-6-23(32)29(3)20-11-12-28(33)22-15-19-9-10-21(31)25-24(19)27(28,26(20)34-25)13-14-30(22)16-18-7-8-18/h4,6,9-10,17-18,20,22,26,31,33H,5,7-8,11-16H2,1-3H3/t20?,22-,26?,27+,28-/m1/s1. The Morgan fingerprint density at radius 1 is 1.29 bits per heavy atom. The minimum atomic E-state index is -0.912. The summed E-state index contributed by atoms with van der Waals surface area (Å²) in [6.45, 7) is 6.28. The van der Waals surface area contributed by atoms with Gasteiger partial charge in [0.25, 0.3) is 0 Å². The van der Waals surface area contributed by atoms with Crippen LogP contribution in [0.1, 0.15) is 63.5 Å². The monoisotopic (exact) mass is 466 g/mol. The lowest BCUT2D eigenvalue weighted by molar-refractivity contribution is -0.200. The van der Waals surface area contributed by atoms with Gasteiger partial charge in [-0.1, -0.05) is 26.0 Å². The van der Waals surface area contributed by atoms with Crippen LogP contribution in [0.5, 0.6) is 11.5 Å². The fourth-order valence-electron chi connectivity index (χ4n) is 7.57. The van der Waals surface area contributed by atoms with Crippen molar-refractivity contribution in [1.29, 1.82) is 0 Å². The molecule has 2 bridgehead atoms. The van der Waals surface area contributed by atoms with E-state index in [4.69, 9.17) is 4.74 Å². The first-order valence-electron chi connectivity index (χ1n) is 13.2. The highest BCUT2D eigenvalue weighted by atomic mass is 16.5. The second-order valence-corrected chi connectivity index (χ2v) is 11.9. The average Bonchev–Trinajstić information content (AvgIpc) is 3.54. The van der Waals surface area contributed by atoms with Crippen LogP contribution in [-0.2, 0) is 16.6 Å². The van der Waals surface area contributed by atoms with E-state index in [0.29, 0.717) is 24.5 Å². The molecule has 34 heavy (non-hydrogen) atoms. The Bertz CT molecular complexity index is 1030. The number of aliphatic hydroxyl groups is 1. The minimum absolute atomic E-state index is 0.0185. The molecule has 1 aromatic rings. The van der Waals surface area contributed by atoms with E-state index < -0.39 is 11.0 Å². The number of likely N-dealkylation sites (tertiary alicyclic amines) is 1. The summed E-state index contributed by atoms with van der Waals surface area (Å²) >= 11 is 0. The number of likely N-dealkylation sites (N-methyl/N-ethyl adjacent to an activating group) is 1. The number of rotatable bonds is 6. The predicted octanol–water partition coefficient (Wildman–Crippen LogP) is 3.39. The van der Waals surface area contributed by atoms with E-state index in [1.54, 1.807) is 12.1 Å². The highest BCUT2D eigenvalue weighted by Crippen LogP contribution is 2.66. The van der Waals surface area contributed by atoms with Crippen LogP contribution < -0.4 is 4.74 Å². The van der Waals surface area contributed by atoms with Crippen LogP contribution in [0.3, 0.4) is 0 Å². The Hall–Kier alpha value is -2.05. The highest BCUT2D eigenvalue weighted by Gasteiger charge is 2.73. The summed E-state index contributed by atoms with van der Waals surface area (Å²) in [7, 11) is 1.86. The van der Waals surface area contributed by atoms with E-state index in [0.717, 1.165) is 43.8 Å². The fourth-order valence-corrected chi connectivity index (χ4v) is 7.57. The molecule has 1 spiro atoms. The molecule has 3 fully saturated rings. The van der Waals surface area contributed by atoms with Gasteiger partial charge in [-0.05, 0) is 81.0 Å². The van der Waals surface area contributed by atoms with E-state index in [9.17, 15) is 15.0 Å². The number of carbonyl (C=O) groups is 1. The molecule has 6 nitrogen and oxygen atoms in total. The normalized spacial score (nSPS) is 36.0. The van der Waals surface area contributed by atoms with Crippen molar-refractivity contribution in [2.45, 2.75) is 88.0 Å². The van der Waals surface area contributed by atoms with Crippen molar-refractivity contribution in [2.75, 3.05) is 20.1 Å². The van der Waals surface area contributed by atoms with E-state index in [-0.39, 0.29) is 29.8 Å². The van der Waals surface area contributed by atoms with Crippen molar-refractivity contribution in [3.63, 3.8) is 0 Å². The van der Waals surface area contributed by atoms with Gasteiger partial charge >= 0.3 is 0 Å². The zero-order valence-corrected chi connectivity index (χ0v) is 20.7. The van der Waals surface area contributed by atoms with Gasteiger partial charge in [-0.3, -0.25) is 9.69 Å². The molecule has 5 atom stereocenters. The van der Waals surface area contributed by atoms with Gasteiger partial charge < -0.3 is 19.8 Å². The molecule has 1 saturated heterocycles. The largest absolute Gasteiger partial charge is 0.504 e. The number of nitrogens with zero attached hydrogens (tertiary/aromatic N) is 2. The third-order valence-electron chi connectivity index (χ3n) is 9.44. The molecule has 2 saturated carbocycles. The maximum atomic E-state index is 13.1. The molecule has 6 heteroatoms. The second kappa shape index (κ2) is 7.72. The first-order chi connectivity index (χ1) is 16.3. The van der Waals surface area contributed by atoms with E-state index >= 15 is 0 Å². The number of hydrogen-bond donors (Lipinski definition) is 2. The quantitative estimate of drug-likeness (QED) is 0.629. The van der Waals surface area contributed by atoms with Crippen molar-refractivity contribution >= 4 is 5.91 Å². The molecule has 2 aliphatic heterocycles. The van der Waals surface area contributed by atoms with Crippen LogP contribution in [0.2, 0.25) is 0 Å². The Morgan fingerprint density at radius 3 is 2.82 bits per heavy atom. The van der Waals surface area contributed by atoms with Crippen molar-refractivity contribution in [3.05, 3.63) is 35.4 Å². The molecule has 5 aliphatic rings. The molecule has 1 amide bonds. The van der Waals surface area contributed by atoms with Crippen LogP contribution in [-0.4, -0.2) is 69.8 Å². The lowest BCUT2D eigenvalue weighted by atomic mass is 9.48. The van der Waals surface area contributed by atoms with E-state index in [1.807, 2.05) is 24.1 Å². The van der Waals surface area contributed by atoms with Crippen LogP contribution in [0.4, 0.5) is 0 Å². The molecule has 184 valence electrons. The van der Waals surface area contributed by atoms with Crippen molar-refractivity contribution in [3.8, 4) is 11.5 Å². The number of aromatic hydroxyl groups is 1. The van der Waals surface area contributed by atoms with Gasteiger partial charge in [-0.25, -0.2) is 0 Å². The average molecular weight is 467 g/mol. The molecule has 2 heterocycles. The van der Waals surface area contributed by atoms with Crippen LogP contribution in [0.25, 0.3) is 0 Å². The van der Waals surface area contributed by atoms with Crippen molar-refractivity contribution < 1.29 is 19.7 Å². The maximum absolute atomic E-state index is 13.1. The molecule has 0 aromatic heterocycles. The fraction of sp³-hybridized carbons (Fsp3) is 0.679. The van der Waals surface area contributed by atoms with Gasteiger partial charge in [0.2, 0.25) is 5.91 Å². The number of phenolic OH excluding ortho intramolecular Hbond substituents is 1. The lowest BCUT2D eigenvalue weighted by Gasteiger charge is -2.64. The summed E-state index contributed by atoms with van der Waals surface area (Å²) in [5.41, 5.74) is 0.712. The molecule has 2 unspecified atom stereocenters. The van der Waals surface area contributed by atoms with Crippen LogP contribution >= 0.6 is 0 Å². The van der Waals surface area contributed by atoms with Gasteiger partial charge in [0.1, 0.15) is 6.10 Å². The SMILES string of the molecule is CC(C)CC=CC(=O)N(C)C1CC[C@@]2(O)[C@H]3Cc4ccc(O)c5c4[C@@]2(CCN3CC2CC2)C1O5. The highest BCUT2D eigenvalue weighted by molar-refractivity contribution is 5.87. The number of amides is 1. The smallest absolute Gasteiger partial charge is 0.246 e. The Morgan fingerprint density at radius 2 is 2.09 bits per heavy atom. The minimum Gasteiger partial charge on any atom is -0.504 e. The summed E-state index contributed by atoms with van der Waals surface area (Å²) in [5.74, 6) is 1.94. The van der Waals surface area contributed by atoms with E-state index in [1.165, 1.54) is 18.4 Å². The second-order valence-electron chi connectivity index (χ2n) is 11.9. The molecule has 2 N–H and O–H groups in total. The summed E-state index contributed by atoms with van der Waals surface area (Å²) in [5, 5.41) is 23.3. The number of hydrogen-bond acceptors (Lipinski definition) is 5. The van der Waals surface area contributed by atoms with Crippen LogP contribution in [0.15, 0.2) is 24.3 Å². The van der Waals surface area contributed by atoms with Crippen LogP contribution in [0, 0.1) is 11.8 Å². The molecular formula is C28H38N2O4. The maximum Gasteiger partial charge on any atom is 0.246 e. The third-order valence-corrected chi connectivity index (χ3v) is 9.44. The summed E-state index contributed by atoms with van der Waals surface area (Å²) in [6, 6.07) is 3.68. The number of piperidine rings is 1. The Kier molecular flexibility index (Phi) is 5.09. The predicted molar refractivity (Wildman–Crippen MR) is 130 cm³/mol. The number of benzene rings is 1. The van der Waals surface area contributed by atoms with Crippen molar-refractivity contribution in [2.24, 2.45) is 11.8 Å². The zero-order valence-electron chi connectivity index (χ0n) is 20.7. The molecule has 1 aromatic carbocycles. The van der Waals surface area contributed by atoms with E-state index in [2.05, 4.69) is 18.7 Å². The molecule has 6 rings (SSSR count). The van der Waals surface area contributed by atoms with Gasteiger partial charge in [-0.2, -0.15) is 0 Å². The molecule has 0 radical (unpaired) electrons. The van der Waals surface area contributed by atoms with Gasteiger partial charge in [0.15, 0.2) is 11.5 Å². The summed E-state index contributed by atoms with van der Waals surface area (Å²) < 4.78 is 6.58. The zero-order chi connectivity index (χ0) is 23.8. The summed E-state index contributed by atoms with van der Waals surface area (Å²) in [6.07, 6.45) is 9.68. The topological polar surface area (TPSA) is 73.2 Å². The Labute approximate surface area is 202 Å². The number of carbonyl (C=O) groups excluding carboxylic acids is 1. The van der Waals surface area contributed by atoms with Gasteiger partial charge in [-0.15, -0.1) is 0 Å².